The zero-order valence-corrected chi connectivity index (χ0v) is 44.5. The molecule has 3 atom stereocenters. The summed E-state index contributed by atoms with van der Waals surface area (Å²) in [5, 5.41) is 26.1. The Morgan fingerprint density at radius 1 is 0.931 bits per heavy atom. The third-order valence-corrected chi connectivity index (χ3v) is 17.3. The van der Waals surface area contributed by atoms with E-state index in [1.54, 1.807) is 34.6 Å². The normalized spacial score (nSPS) is 19.8. The number of imide groups is 1. The van der Waals surface area contributed by atoms with Gasteiger partial charge >= 0.3 is 11.9 Å². The Kier molecular flexibility index (Phi) is 16.0. The van der Waals surface area contributed by atoms with Crippen molar-refractivity contribution in [2.45, 2.75) is 129 Å². The van der Waals surface area contributed by atoms with Gasteiger partial charge in [0.15, 0.2) is 21.3 Å². The molecule has 0 radical (unpaired) electrons. The van der Waals surface area contributed by atoms with Crippen LogP contribution in [0.2, 0.25) is 15.1 Å². The van der Waals surface area contributed by atoms with Crippen LogP contribution in [0.4, 0.5) is 5.69 Å². The number of carboxylic acids is 1. The van der Waals surface area contributed by atoms with Gasteiger partial charge in [-0.05, 0) is 88.5 Å². The molecule has 28 heteroatoms. The Morgan fingerprint density at radius 3 is 2.24 bits per heavy atom. The van der Waals surface area contributed by atoms with Crippen molar-refractivity contribution >= 4 is 120 Å². The zero-order valence-electron chi connectivity index (χ0n) is 39.0. The second-order valence-corrected chi connectivity index (χ2v) is 24.6. The number of hydrogen-bond donors (Lipinski definition) is 6. The van der Waals surface area contributed by atoms with Gasteiger partial charge in [-0.3, -0.25) is 28.5 Å². The van der Waals surface area contributed by atoms with Crippen molar-refractivity contribution in [2.75, 3.05) is 17.6 Å². The van der Waals surface area contributed by atoms with E-state index in [2.05, 4.69) is 25.0 Å². The molecule has 21 nitrogen and oxygen atoms in total. The number of carbonyl (C=O) groups is 5. The summed E-state index contributed by atoms with van der Waals surface area (Å²) in [5.74, 6) is -7.26. The van der Waals surface area contributed by atoms with Crippen LogP contribution in [-0.4, -0.2) is 99.7 Å². The number of nitrogens with zero attached hydrogens (tertiary/aromatic N) is 2. The number of hydroxylamine groups is 2. The molecule has 4 aliphatic heterocycles. The molecule has 0 bridgehead atoms. The first-order valence-electron chi connectivity index (χ1n) is 22.0. The molecule has 0 spiro atoms. The number of carbonyl (C=O) groups excluding carboxylic acids is 4. The number of amides is 3. The lowest BCUT2D eigenvalue weighted by Crippen LogP contribution is -2.39. The van der Waals surface area contributed by atoms with Gasteiger partial charge in [0.25, 0.3) is 32.1 Å². The van der Waals surface area contributed by atoms with Gasteiger partial charge in [0.1, 0.15) is 5.25 Å². The number of unbranched alkanes of at least 4 members (excludes halogenated alkanes) is 2. The van der Waals surface area contributed by atoms with Gasteiger partial charge in [-0.1, -0.05) is 60.1 Å². The molecule has 1 fully saturated rings. The minimum Gasteiger partial charge on any atom is -0.478 e. The monoisotopic (exact) mass is 1140 g/mol. The average molecular weight is 1140 g/mol. The summed E-state index contributed by atoms with van der Waals surface area (Å²) in [5.41, 5.74) is -2.51. The Bertz CT molecular complexity index is 3210. The van der Waals surface area contributed by atoms with E-state index in [1.165, 1.54) is 12.1 Å². The third kappa shape index (κ3) is 11.1. The summed E-state index contributed by atoms with van der Waals surface area (Å²) in [4.78, 5) is 71.3. The van der Waals surface area contributed by atoms with Gasteiger partial charge in [-0.15, -0.1) is 21.2 Å². The van der Waals surface area contributed by atoms with Crippen molar-refractivity contribution in [3.8, 4) is 11.5 Å². The van der Waals surface area contributed by atoms with Crippen LogP contribution in [0.25, 0.3) is 5.57 Å². The first kappa shape index (κ1) is 55.5. The van der Waals surface area contributed by atoms with Crippen LogP contribution >= 0.6 is 58.6 Å². The van der Waals surface area contributed by atoms with Gasteiger partial charge < -0.3 is 25.3 Å². The van der Waals surface area contributed by atoms with Crippen LogP contribution in [0, 0.1) is 0 Å². The molecular weight excluding hydrogens is 1090 g/mol. The Labute approximate surface area is 435 Å². The largest absolute Gasteiger partial charge is 0.478 e. The average Bonchev–Trinajstić information content (AvgIpc) is 3.51. The molecule has 1 saturated heterocycles. The standard InChI is InChI=1S/C44H47Cl3N4O17S4/c1-18-15-43(3,4)49-34-20(18)12-22-28(23-13-21-19(2)16-44(5,6)50-35(21)40(72(62,63)64)37(23)65-36(22)39(34)71(59,60)61)29-30(42(56)57)31(45)33(47)38(32(29)46)69-17-25(52)48-11-9-7-8-10-27(54)66-51-26(53)14-24(41(51)55)70-68-67-58/h12-13,18-19,24,49,58H,7-11,14-17H2,1-6H3,(H,48,52)(H,56,57)(H,59,60,61)(H,62,63,64). The molecule has 4 aliphatic rings. The van der Waals surface area contributed by atoms with E-state index < -0.39 is 121 Å². The van der Waals surface area contributed by atoms with Crippen LogP contribution in [-0.2, 0) is 53.6 Å². The highest BCUT2D eigenvalue weighted by Gasteiger charge is 2.45. The SMILES string of the molecule is CC1CC(C)(C)Nc2c1cc1c(c2S(=O)(=O)O)Oc2c(S(=O)(=O)O)c3c(cc2=C1c1c(Cl)c(SCC(=O)NCCCCCC(=O)ON2C(=O)CC(SOOO)C2=O)c(Cl)c(Cl)c1C(=O)O)C(C)CC(C)(C)N=3. The van der Waals surface area contributed by atoms with E-state index in [4.69, 9.17) is 49.6 Å². The first-order valence-corrected chi connectivity index (χ1v) is 27.8. The van der Waals surface area contributed by atoms with E-state index in [0.29, 0.717) is 53.9 Å². The molecule has 0 aliphatic carbocycles. The summed E-state index contributed by atoms with van der Waals surface area (Å²) in [6, 6.07) is 3.03. The van der Waals surface area contributed by atoms with Crippen LogP contribution in [0.15, 0.2) is 31.8 Å². The Morgan fingerprint density at radius 2 is 1.60 bits per heavy atom. The third-order valence-electron chi connectivity index (χ3n) is 12.2. The number of aromatic carboxylic acids is 1. The predicted molar refractivity (Wildman–Crippen MR) is 262 cm³/mol. The number of carboxylic acid groups (broad SMARTS) is 1. The smallest absolute Gasteiger partial charge is 0.337 e. The van der Waals surface area contributed by atoms with E-state index in [0.717, 1.165) is 11.8 Å². The number of nitrogens with one attached hydrogen (secondary N) is 2. The highest BCUT2D eigenvalue weighted by atomic mass is 35.5. The molecule has 3 aromatic rings. The number of fused-ring (bicyclic) bond motifs is 4. The van der Waals surface area contributed by atoms with Crippen LogP contribution in [0.3, 0.4) is 0 Å². The van der Waals surface area contributed by atoms with E-state index in [1.807, 2.05) is 6.92 Å². The second kappa shape index (κ2) is 20.8. The maximum Gasteiger partial charge on any atom is 0.337 e. The fourth-order valence-electron chi connectivity index (χ4n) is 9.52. The maximum atomic E-state index is 13.7. The number of hydrogen-bond acceptors (Lipinski definition) is 18. The minimum absolute atomic E-state index is 0.0681. The van der Waals surface area contributed by atoms with Crippen molar-refractivity contribution in [3.05, 3.63) is 65.6 Å². The summed E-state index contributed by atoms with van der Waals surface area (Å²) in [6.07, 6.45) is 1.32. The van der Waals surface area contributed by atoms with Gasteiger partial charge in [-0.2, -0.15) is 16.8 Å². The molecule has 3 amide bonds. The summed E-state index contributed by atoms with van der Waals surface area (Å²) >= 11 is 22.0. The summed E-state index contributed by atoms with van der Waals surface area (Å²) < 4.78 is 87.4. The maximum absolute atomic E-state index is 13.7. The van der Waals surface area contributed by atoms with Gasteiger partial charge in [-0.25, -0.2) is 14.8 Å². The molecule has 390 valence electrons. The Balaban J connectivity index is 1.27. The number of halogens is 3. The van der Waals surface area contributed by atoms with Crippen molar-refractivity contribution in [1.82, 2.24) is 10.4 Å². The molecule has 4 heterocycles. The molecule has 0 aromatic heterocycles. The molecule has 3 unspecified atom stereocenters. The number of benzene rings is 3. The van der Waals surface area contributed by atoms with E-state index in [-0.39, 0.29) is 68.9 Å². The highest BCUT2D eigenvalue weighted by Crippen LogP contribution is 2.54. The fraction of sp³-hybridized carbons (Fsp3) is 0.455. The van der Waals surface area contributed by atoms with Crippen molar-refractivity contribution in [1.29, 1.82) is 0 Å². The number of rotatable bonds is 17. The lowest BCUT2D eigenvalue weighted by atomic mass is 9.79. The summed E-state index contributed by atoms with van der Waals surface area (Å²) in [7, 11) is -10.6. The van der Waals surface area contributed by atoms with Gasteiger partial charge in [0, 0.05) is 57.4 Å². The fourth-order valence-corrected chi connectivity index (χ4v) is 13.7. The molecular formula is C44H47Cl3N4O17S4. The molecule has 3 aromatic carbocycles. The number of ether oxygens (including phenoxy) is 1. The predicted octanol–water partition coefficient (Wildman–Crippen LogP) is 7.22. The molecule has 0 saturated carbocycles. The van der Waals surface area contributed by atoms with Gasteiger partial charge in [0.05, 0.1) is 49.4 Å². The molecule has 6 N–H and O–H groups in total. The number of anilines is 1. The molecule has 7 rings (SSSR count). The topological polar surface area (TPSA) is 311 Å². The van der Waals surface area contributed by atoms with E-state index in [9.17, 15) is 55.0 Å². The minimum atomic E-state index is -5.33. The lowest BCUT2D eigenvalue weighted by molar-refractivity contribution is -0.432. The van der Waals surface area contributed by atoms with Crippen LogP contribution in [0.5, 0.6) is 11.5 Å². The second-order valence-electron chi connectivity index (χ2n) is 18.8. The van der Waals surface area contributed by atoms with Crippen molar-refractivity contribution < 1.29 is 79.2 Å². The quantitative estimate of drug-likeness (QED) is 0.00888. The van der Waals surface area contributed by atoms with E-state index >= 15 is 0 Å². The molecule has 72 heavy (non-hydrogen) atoms. The number of thioether (sulfide) groups is 1. The van der Waals surface area contributed by atoms with Crippen LogP contribution in [0.1, 0.15) is 131 Å². The van der Waals surface area contributed by atoms with Crippen LogP contribution < -0.4 is 25.9 Å². The highest BCUT2D eigenvalue weighted by molar-refractivity contribution is 8.00. The van der Waals surface area contributed by atoms with Crippen molar-refractivity contribution in [2.24, 2.45) is 4.99 Å². The Hall–Kier alpha value is -4.25. The van der Waals surface area contributed by atoms with Gasteiger partial charge in [0.2, 0.25) is 5.91 Å². The first-order chi connectivity index (χ1) is 33.5. The lowest BCUT2D eigenvalue weighted by Gasteiger charge is -2.40. The van der Waals surface area contributed by atoms with Crippen molar-refractivity contribution in [3.63, 3.8) is 0 Å². The zero-order chi connectivity index (χ0) is 53.2. The summed E-state index contributed by atoms with van der Waals surface area (Å²) in [6.45, 7) is 10.8.